The minimum absolute atomic E-state index is 0.249. The molecule has 1 aliphatic heterocycles. The number of hydrogen-bond donors (Lipinski definition) is 1. The molecule has 0 atom stereocenters. The first kappa shape index (κ1) is 13.1. The van der Waals surface area contributed by atoms with Gasteiger partial charge in [0, 0.05) is 5.54 Å². The number of hydrogen-bond acceptors (Lipinski definition) is 3. The third-order valence-corrected chi connectivity index (χ3v) is 4.74. The van der Waals surface area contributed by atoms with Crippen molar-refractivity contribution in [1.29, 1.82) is 0 Å². The van der Waals surface area contributed by atoms with Crippen LogP contribution >= 0.6 is 11.6 Å². The molecule has 104 valence electrons. The molecule has 3 rings (SSSR count). The van der Waals surface area contributed by atoms with Crippen molar-refractivity contribution in [2.45, 2.75) is 51.0 Å². The number of fused-ring (bicyclic) bond motifs is 1. The molecule has 0 radical (unpaired) electrons. The van der Waals surface area contributed by atoms with E-state index in [1.807, 2.05) is 0 Å². The fourth-order valence-corrected chi connectivity index (χ4v) is 3.67. The van der Waals surface area contributed by atoms with E-state index in [1.54, 1.807) is 0 Å². The second-order valence-electron chi connectivity index (χ2n) is 5.52. The highest BCUT2D eigenvalue weighted by Gasteiger charge is 2.34. The predicted octanol–water partition coefficient (Wildman–Crippen LogP) is 3.75. The number of nitrogens with two attached hydrogens (primary N) is 1. The molecule has 0 saturated heterocycles. The lowest BCUT2D eigenvalue weighted by molar-refractivity contribution is 0.174. The first-order valence-electron chi connectivity index (χ1n) is 7.06. The first-order valence-corrected chi connectivity index (χ1v) is 7.44. The summed E-state index contributed by atoms with van der Waals surface area (Å²) in [6.45, 7) is 2.36. The van der Waals surface area contributed by atoms with Gasteiger partial charge in [0.2, 0.25) is 6.79 Å². The van der Waals surface area contributed by atoms with Gasteiger partial charge >= 0.3 is 0 Å². The summed E-state index contributed by atoms with van der Waals surface area (Å²) in [5, 5.41) is 0.683. The maximum atomic E-state index is 6.66. The van der Waals surface area contributed by atoms with E-state index in [0.29, 0.717) is 10.8 Å². The molecule has 0 bridgehead atoms. The Morgan fingerprint density at radius 3 is 2.68 bits per heavy atom. The molecule has 3 nitrogen and oxygen atoms in total. The van der Waals surface area contributed by atoms with E-state index in [1.165, 1.54) is 19.3 Å². The monoisotopic (exact) mass is 281 g/mol. The molecule has 19 heavy (non-hydrogen) atoms. The number of benzene rings is 1. The third-order valence-electron chi connectivity index (χ3n) is 4.34. The molecule has 2 N–H and O–H groups in total. The molecule has 1 aromatic rings. The van der Waals surface area contributed by atoms with Gasteiger partial charge in [0.05, 0.1) is 5.02 Å². The number of rotatable bonds is 2. The Hall–Kier alpha value is -0.930. The van der Waals surface area contributed by atoms with Crippen molar-refractivity contribution in [3.63, 3.8) is 0 Å². The number of ether oxygens (including phenoxy) is 2. The Morgan fingerprint density at radius 2 is 2.00 bits per heavy atom. The van der Waals surface area contributed by atoms with Gasteiger partial charge in [-0.3, -0.25) is 0 Å². The summed E-state index contributed by atoms with van der Waals surface area (Å²) in [6, 6.07) is 2.05. The smallest absolute Gasteiger partial charge is 0.231 e. The van der Waals surface area contributed by atoms with Gasteiger partial charge in [-0.25, -0.2) is 0 Å². The highest BCUT2D eigenvalue weighted by atomic mass is 35.5. The molecular weight excluding hydrogens is 262 g/mol. The molecule has 0 amide bonds. The van der Waals surface area contributed by atoms with Crippen molar-refractivity contribution < 1.29 is 9.47 Å². The lowest BCUT2D eigenvalue weighted by Crippen LogP contribution is -2.39. The molecule has 1 saturated carbocycles. The van der Waals surface area contributed by atoms with E-state index in [4.69, 9.17) is 26.8 Å². The second-order valence-corrected chi connectivity index (χ2v) is 5.90. The van der Waals surface area contributed by atoms with Crippen molar-refractivity contribution in [2.24, 2.45) is 5.73 Å². The van der Waals surface area contributed by atoms with Crippen LogP contribution in [-0.4, -0.2) is 6.79 Å². The van der Waals surface area contributed by atoms with Crippen LogP contribution in [0.1, 0.15) is 50.2 Å². The average molecular weight is 282 g/mol. The highest BCUT2D eigenvalue weighted by molar-refractivity contribution is 6.33. The molecule has 2 aliphatic rings. The zero-order valence-electron chi connectivity index (χ0n) is 11.3. The topological polar surface area (TPSA) is 44.5 Å². The van der Waals surface area contributed by atoms with Gasteiger partial charge in [-0.2, -0.15) is 0 Å². The minimum atomic E-state index is -0.256. The lowest BCUT2D eigenvalue weighted by atomic mass is 9.75. The zero-order chi connectivity index (χ0) is 13.5. The van der Waals surface area contributed by atoms with Crippen LogP contribution in [0.3, 0.4) is 0 Å². The molecule has 0 spiro atoms. The normalized spacial score (nSPS) is 20.6. The highest BCUT2D eigenvalue weighted by Crippen LogP contribution is 2.47. The van der Waals surface area contributed by atoms with Gasteiger partial charge in [0.1, 0.15) is 0 Å². The molecule has 1 heterocycles. The lowest BCUT2D eigenvalue weighted by Gasteiger charge is -2.36. The Morgan fingerprint density at radius 1 is 1.26 bits per heavy atom. The summed E-state index contributed by atoms with van der Waals surface area (Å²) in [5.41, 5.74) is 8.69. The molecule has 0 aromatic heterocycles. The number of halogens is 1. The van der Waals surface area contributed by atoms with E-state index in [0.717, 1.165) is 36.1 Å². The first-order chi connectivity index (χ1) is 9.15. The van der Waals surface area contributed by atoms with E-state index in [9.17, 15) is 0 Å². The van der Waals surface area contributed by atoms with Crippen molar-refractivity contribution >= 4 is 11.6 Å². The van der Waals surface area contributed by atoms with Crippen LogP contribution in [-0.2, 0) is 12.0 Å². The van der Waals surface area contributed by atoms with E-state index >= 15 is 0 Å². The SMILES string of the molecule is CCc1c(C2(N)CCCCC2)cc2c(c1Cl)OCO2. The fraction of sp³-hybridized carbons (Fsp3) is 0.600. The Kier molecular flexibility index (Phi) is 3.35. The van der Waals surface area contributed by atoms with Gasteiger partial charge < -0.3 is 15.2 Å². The molecule has 1 aromatic carbocycles. The van der Waals surface area contributed by atoms with Gasteiger partial charge in [-0.05, 0) is 36.5 Å². The van der Waals surface area contributed by atoms with Crippen LogP contribution in [0.25, 0.3) is 0 Å². The summed E-state index contributed by atoms with van der Waals surface area (Å²) >= 11 is 6.48. The Labute approximate surface area is 119 Å². The van der Waals surface area contributed by atoms with Crippen molar-refractivity contribution in [3.05, 3.63) is 22.2 Å². The van der Waals surface area contributed by atoms with E-state index < -0.39 is 0 Å². The van der Waals surface area contributed by atoms with Gasteiger partial charge in [-0.15, -0.1) is 0 Å². The Balaban J connectivity index is 2.12. The van der Waals surface area contributed by atoms with Gasteiger partial charge in [0.25, 0.3) is 0 Å². The largest absolute Gasteiger partial charge is 0.454 e. The quantitative estimate of drug-likeness (QED) is 0.898. The molecule has 1 fully saturated rings. The summed E-state index contributed by atoms with van der Waals surface area (Å²) in [7, 11) is 0. The van der Waals surface area contributed by atoms with Crippen LogP contribution in [0, 0.1) is 0 Å². The van der Waals surface area contributed by atoms with Gasteiger partial charge in [-0.1, -0.05) is 37.8 Å². The summed E-state index contributed by atoms with van der Waals surface area (Å²) in [4.78, 5) is 0. The van der Waals surface area contributed by atoms with Crippen molar-refractivity contribution in [2.75, 3.05) is 6.79 Å². The maximum Gasteiger partial charge on any atom is 0.231 e. The van der Waals surface area contributed by atoms with Gasteiger partial charge in [0.15, 0.2) is 11.5 Å². The van der Waals surface area contributed by atoms with Crippen LogP contribution in [0.2, 0.25) is 5.02 Å². The third kappa shape index (κ3) is 2.09. The van der Waals surface area contributed by atoms with Crippen LogP contribution in [0.4, 0.5) is 0 Å². The summed E-state index contributed by atoms with van der Waals surface area (Å²) < 4.78 is 10.9. The van der Waals surface area contributed by atoms with E-state index in [2.05, 4.69) is 13.0 Å². The predicted molar refractivity (Wildman–Crippen MR) is 75.9 cm³/mol. The average Bonchev–Trinajstić information content (AvgIpc) is 2.88. The summed E-state index contributed by atoms with van der Waals surface area (Å²) in [6.07, 6.45) is 6.56. The van der Waals surface area contributed by atoms with Crippen molar-refractivity contribution in [1.82, 2.24) is 0 Å². The maximum absolute atomic E-state index is 6.66. The molecule has 1 aliphatic carbocycles. The minimum Gasteiger partial charge on any atom is -0.454 e. The van der Waals surface area contributed by atoms with E-state index in [-0.39, 0.29) is 12.3 Å². The van der Waals surface area contributed by atoms with Crippen LogP contribution < -0.4 is 15.2 Å². The molecule has 4 heteroatoms. The van der Waals surface area contributed by atoms with Crippen molar-refractivity contribution in [3.8, 4) is 11.5 Å². The Bertz CT molecular complexity index is 495. The molecular formula is C15H20ClNO2. The summed E-state index contributed by atoms with van der Waals surface area (Å²) in [5.74, 6) is 1.43. The molecule has 0 unspecified atom stereocenters. The standard InChI is InChI=1S/C15H20ClNO2/c1-2-10-11(15(17)6-4-3-5-7-15)8-12-14(13(10)16)19-9-18-12/h8H,2-7,9,17H2,1H3. The fourth-order valence-electron chi connectivity index (χ4n) is 3.28. The van der Waals surface area contributed by atoms with Crippen LogP contribution in [0.15, 0.2) is 6.07 Å². The second kappa shape index (κ2) is 4.88. The van der Waals surface area contributed by atoms with Crippen LogP contribution in [0.5, 0.6) is 11.5 Å². The zero-order valence-corrected chi connectivity index (χ0v) is 12.1.